The van der Waals surface area contributed by atoms with Crippen LogP contribution in [-0.2, 0) is 10.0 Å². The van der Waals surface area contributed by atoms with Gasteiger partial charge < -0.3 is 5.32 Å². The van der Waals surface area contributed by atoms with Crippen LogP contribution in [0.15, 0.2) is 0 Å². The molecule has 1 rings (SSSR count). The van der Waals surface area contributed by atoms with Crippen molar-refractivity contribution < 1.29 is 8.42 Å². The number of rotatable bonds is 8. The Morgan fingerprint density at radius 3 is 2.55 bits per heavy atom. The first kappa shape index (κ1) is 17.9. The second-order valence-electron chi connectivity index (χ2n) is 6.76. The summed E-state index contributed by atoms with van der Waals surface area (Å²) in [6.45, 7) is 9.08. The molecule has 2 unspecified atom stereocenters. The van der Waals surface area contributed by atoms with Gasteiger partial charge in [-0.25, -0.2) is 12.7 Å². The van der Waals surface area contributed by atoms with Gasteiger partial charge in [-0.15, -0.1) is 0 Å². The second-order valence-corrected chi connectivity index (χ2v) is 8.75. The molecule has 1 aliphatic rings. The van der Waals surface area contributed by atoms with E-state index in [1.165, 1.54) is 25.5 Å². The summed E-state index contributed by atoms with van der Waals surface area (Å²) in [5.41, 5.74) is 0. The zero-order valence-electron chi connectivity index (χ0n) is 13.6. The fourth-order valence-electron chi connectivity index (χ4n) is 2.80. The highest BCUT2D eigenvalue weighted by Crippen LogP contribution is 2.18. The van der Waals surface area contributed by atoms with Gasteiger partial charge in [0, 0.05) is 19.1 Å². The van der Waals surface area contributed by atoms with Crippen LogP contribution in [0, 0.1) is 11.8 Å². The number of nitrogens with one attached hydrogen (secondary N) is 1. The van der Waals surface area contributed by atoms with E-state index < -0.39 is 10.0 Å². The zero-order chi connectivity index (χ0) is 15.2. The molecule has 0 bridgehead atoms. The summed E-state index contributed by atoms with van der Waals surface area (Å²) in [4.78, 5) is 0. The minimum atomic E-state index is -3.02. The van der Waals surface area contributed by atoms with Crippen molar-refractivity contribution in [3.8, 4) is 0 Å². The van der Waals surface area contributed by atoms with Crippen molar-refractivity contribution in [3.63, 3.8) is 0 Å². The molecule has 1 heterocycles. The summed E-state index contributed by atoms with van der Waals surface area (Å²) in [5.74, 6) is 1.25. The van der Waals surface area contributed by atoms with Crippen LogP contribution in [0.1, 0.15) is 52.9 Å². The molecular weight excluding hydrogens is 272 g/mol. The second kappa shape index (κ2) is 8.35. The third kappa shape index (κ3) is 7.04. The lowest BCUT2D eigenvalue weighted by molar-refractivity contribution is 0.254. The van der Waals surface area contributed by atoms with Crippen molar-refractivity contribution in [1.29, 1.82) is 0 Å². The molecule has 120 valence electrons. The summed E-state index contributed by atoms with van der Waals surface area (Å²) in [6.07, 6.45) is 7.21. The Balaban J connectivity index is 2.24. The van der Waals surface area contributed by atoms with E-state index in [-0.39, 0.29) is 0 Å². The first-order chi connectivity index (χ1) is 9.29. The van der Waals surface area contributed by atoms with Crippen LogP contribution < -0.4 is 5.32 Å². The molecule has 4 nitrogen and oxygen atoms in total. The van der Waals surface area contributed by atoms with Crippen LogP contribution in [0.5, 0.6) is 0 Å². The molecule has 1 saturated heterocycles. The molecule has 5 heteroatoms. The molecule has 0 saturated carbocycles. The van der Waals surface area contributed by atoms with E-state index in [9.17, 15) is 8.42 Å². The van der Waals surface area contributed by atoms with Crippen LogP contribution in [0.2, 0.25) is 0 Å². The van der Waals surface area contributed by atoms with Gasteiger partial charge in [0.25, 0.3) is 0 Å². The van der Waals surface area contributed by atoms with Crippen molar-refractivity contribution in [3.05, 3.63) is 0 Å². The van der Waals surface area contributed by atoms with Crippen LogP contribution in [-0.4, -0.2) is 44.7 Å². The monoisotopic (exact) mass is 304 g/mol. The average Bonchev–Trinajstić information content (AvgIpc) is 2.35. The highest BCUT2D eigenvalue weighted by Gasteiger charge is 2.25. The van der Waals surface area contributed by atoms with Crippen LogP contribution >= 0.6 is 0 Å². The molecule has 0 aromatic heterocycles. The van der Waals surface area contributed by atoms with Gasteiger partial charge in [-0.1, -0.05) is 26.7 Å². The zero-order valence-corrected chi connectivity index (χ0v) is 14.4. The third-order valence-electron chi connectivity index (χ3n) is 4.12. The number of nitrogens with zero attached hydrogens (tertiary/aromatic N) is 1. The minimum absolute atomic E-state index is 0.464. The van der Waals surface area contributed by atoms with E-state index in [1.54, 1.807) is 4.31 Å². The number of hydrogen-bond acceptors (Lipinski definition) is 3. The molecule has 1 fully saturated rings. The van der Waals surface area contributed by atoms with Crippen molar-refractivity contribution >= 4 is 10.0 Å². The molecule has 0 amide bonds. The van der Waals surface area contributed by atoms with E-state index in [0.29, 0.717) is 25.0 Å². The quantitative estimate of drug-likeness (QED) is 0.749. The predicted octanol–water partition coefficient (Wildman–Crippen LogP) is 2.46. The summed E-state index contributed by atoms with van der Waals surface area (Å²) in [7, 11) is -3.02. The van der Waals surface area contributed by atoms with E-state index >= 15 is 0 Å². The minimum Gasteiger partial charge on any atom is -0.314 e. The summed E-state index contributed by atoms with van der Waals surface area (Å²) >= 11 is 0. The maximum Gasteiger partial charge on any atom is 0.211 e. The third-order valence-corrected chi connectivity index (χ3v) is 5.39. The largest absolute Gasteiger partial charge is 0.314 e. The molecule has 1 aliphatic heterocycles. The molecule has 2 atom stereocenters. The lowest BCUT2D eigenvalue weighted by Crippen LogP contribution is -2.43. The maximum atomic E-state index is 11.6. The standard InChI is InChI=1S/C15H32N2O2S/c1-13(2)7-5-8-14(3)16-11-15-9-6-10-17(12-15)20(4,18)19/h13-16H,5-12H2,1-4H3. The molecule has 0 aromatic rings. The highest BCUT2D eigenvalue weighted by molar-refractivity contribution is 7.88. The average molecular weight is 305 g/mol. The van der Waals surface area contributed by atoms with Crippen molar-refractivity contribution in [1.82, 2.24) is 9.62 Å². The Hall–Kier alpha value is -0.130. The van der Waals surface area contributed by atoms with E-state index in [1.807, 2.05) is 0 Å². The topological polar surface area (TPSA) is 49.4 Å². The Morgan fingerprint density at radius 2 is 1.95 bits per heavy atom. The number of piperidine rings is 1. The molecule has 20 heavy (non-hydrogen) atoms. The van der Waals surface area contributed by atoms with Gasteiger partial charge in [0.15, 0.2) is 0 Å². The fraction of sp³-hybridized carbons (Fsp3) is 1.00. The van der Waals surface area contributed by atoms with Crippen molar-refractivity contribution in [2.24, 2.45) is 11.8 Å². The van der Waals surface area contributed by atoms with Gasteiger partial charge in [-0.3, -0.25) is 0 Å². The van der Waals surface area contributed by atoms with Crippen LogP contribution in [0.3, 0.4) is 0 Å². The molecule has 0 aromatic carbocycles. The fourth-order valence-corrected chi connectivity index (χ4v) is 3.74. The van der Waals surface area contributed by atoms with Gasteiger partial charge in [-0.2, -0.15) is 0 Å². The van der Waals surface area contributed by atoms with E-state index in [2.05, 4.69) is 26.1 Å². The number of sulfonamides is 1. The SMILES string of the molecule is CC(C)CCCC(C)NCC1CCCN(S(C)(=O)=O)C1. The lowest BCUT2D eigenvalue weighted by Gasteiger charge is -2.31. The van der Waals surface area contributed by atoms with Crippen LogP contribution in [0.25, 0.3) is 0 Å². The lowest BCUT2D eigenvalue weighted by atomic mass is 9.98. The maximum absolute atomic E-state index is 11.6. The predicted molar refractivity (Wildman–Crippen MR) is 85.3 cm³/mol. The molecule has 0 spiro atoms. The van der Waals surface area contributed by atoms with E-state index in [0.717, 1.165) is 25.3 Å². The highest BCUT2D eigenvalue weighted by atomic mass is 32.2. The van der Waals surface area contributed by atoms with Gasteiger partial charge in [-0.05, 0) is 44.6 Å². The van der Waals surface area contributed by atoms with Gasteiger partial charge in [0.05, 0.1) is 6.26 Å². The normalized spacial score (nSPS) is 23.1. The Bertz CT molecular complexity index is 368. The Labute approximate surface area is 125 Å². The first-order valence-electron chi connectivity index (χ1n) is 7.97. The summed E-state index contributed by atoms with van der Waals surface area (Å²) in [5, 5.41) is 3.58. The summed E-state index contributed by atoms with van der Waals surface area (Å²) < 4.78 is 24.8. The molecule has 1 N–H and O–H groups in total. The van der Waals surface area contributed by atoms with E-state index in [4.69, 9.17) is 0 Å². The number of hydrogen-bond donors (Lipinski definition) is 1. The van der Waals surface area contributed by atoms with Gasteiger partial charge >= 0.3 is 0 Å². The van der Waals surface area contributed by atoms with Crippen molar-refractivity contribution in [2.45, 2.75) is 58.9 Å². The smallest absolute Gasteiger partial charge is 0.211 e. The van der Waals surface area contributed by atoms with Crippen LogP contribution in [0.4, 0.5) is 0 Å². The molecule has 0 radical (unpaired) electrons. The van der Waals surface area contributed by atoms with Crippen molar-refractivity contribution in [2.75, 3.05) is 25.9 Å². The van der Waals surface area contributed by atoms with Gasteiger partial charge in [0.1, 0.15) is 0 Å². The Morgan fingerprint density at radius 1 is 1.25 bits per heavy atom. The molecular formula is C15H32N2O2S. The summed E-state index contributed by atoms with van der Waals surface area (Å²) in [6, 6.07) is 0.530. The Kier molecular flexibility index (Phi) is 7.48. The molecule has 0 aliphatic carbocycles. The van der Waals surface area contributed by atoms with Gasteiger partial charge in [0.2, 0.25) is 10.0 Å². The first-order valence-corrected chi connectivity index (χ1v) is 9.82.